The van der Waals surface area contributed by atoms with Crippen molar-refractivity contribution in [1.82, 2.24) is 10.3 Å². The van der Waals surface area contributed by atoms with Gasteiger partial charge in [0.2, 0.25) is 0 Å². The Morgan fingerprint density at radius 2 is 2.08 bits per heavy atom. The lowest BCUT2D eigenvalue weighted by Gasteiger charge is -2.28. The number of hydrogen-bond acceptors (Lipinski definition) is 5. The van der Waals surface area contributed by atoms with E-state index < -0.39 is 17.4 Å². The van der Waals surface area contributed by atoms with Crippen molar-refractivity contribution in [2.24, 2.45) is 0 Å². The van der Waals surface area contributed by atoms with E-state index in [-0.39, 0.29) is 13.0 Å². The van der Waals surface area contributed by atoms with Gasteiger partial charge in [0.15, 0.2) is 0 Å². The van der Waals surface area contributed by atoms with Gasteiger partial charge in [0.05, 0.1) is 18.6 Å². The molecule has 1 aromatic carbocycles. The number of rotatable bonds is 9. The Labute approximate surface area is 152 Å². The summed E-state index contributed by atoms with van der Waals surface area (Å²) in [6.07, 6.45) is 3.14. The molecule has 1 amide bonds. The number of aromatic nitrogens is 1. The average Bonchev–Trinajstić information content (AvgIpc) is 2.60. The molecule has 1 heterocycles. The summed E-state index contributed by atoms with van der Waals surface area (Å²) in [5, 5.41) is 11.8. The van der Waals surface area contributed by atoms with Crippen LogP contribution >= 0.6 is 0 Å². The number of ether oxygens (including phenoxy) is 2. The first kappa shape index (κ1) is 19.4. The number of hydrogen-bond donors (Lipinski definition) is 2. The van der Waals surface area contributed by atoms with Crippen molar-refractivity contribution in [2.75, 3.05) is 13.7 Å². The van der Waals surface area contributed by atoms with Crippen molar-refractivity contribution in [1.29, 1.82) is 0 Å². The van der Waals surface area contributed by atoms with Crippen LogP contribution in [0.25, 0.3) is 0 Å². The highest BCUT2D eigenvalue weighted by Gasteiger charge is 2.30. The number of benzene rings is 1. The lowest BCUT2D eigenvalue weighted by Crippen LogP contribution is -2.50. The number of amides is 1. The number of carboxylic acids is 1. The fraction of sp³-hybridized carbons (Fsp3) is 0.316. The summed E-state index contributed by atoms with van der Waals surface area (Å²) < 4.78 is 10.7. The van der Waals surface area contributed by atoms with Crippen molar-refractivity contribution in [3.8, 4) is 5.75 Å². The van der Waals surface area contributed by atoms with Gasteiger partial charge in [-0.25, -0.2) is 0 Å². The molecule has 0 fully saturated rings. The number of methoxy groups -OCH3 is 1. The number of carbonyl (C=O) groups excluding carboxylic acids is 1. The molecule has 0 aliphatic heterocycles. The topological polar surface area (TPSA) is 97.8 Å². The van der Waals surface area contributed by atoms with E-state index in [0.717, 1.165) is 5.56 Å². The van der Waals surface area contributed by atoms with Crippen LogP contribution < -0.4 is 10.1 Å². The largest absolute Gasteiger partial charge is 0.489 e. The molecule has 0 bridgehead atoms. The molecule has 7 heteroatoms. The molecule has 1 atom stereocenters. The average molecular weight is 358 g/mol. The molecule has 1 unspecified atom stereocenters. The van der Waals surface area contributed by atoms with E-state index in [4.69, 9.17) is 14.6 Å². The molecule has 0 spiro atoms. The fourth-order valence-corrected chi connectivity index (χ4v) is 2.51. The van der Waals surface area contributed by atoms with Crippen molar-refractivity contribution in [2.45, 2.75) is 25.5 Å². The zero-order chi connectivity index (χ0) is 19.0. The van der Waals surface area contributed by atoms with Crippen molar-refractivity contribution in [3.05, 3.63) is 59.9 Å². The summed E-state index contributed by atoms with van der Waals surface area (Å²) in [6, 6.07) is 10.4. The third-order valence-electron chi connectivity index (χ3n) is 3.64. The van der Waals surface area contributed by atoms with Crippen LogP contribution in [-0.2, 0) is 16.1 Å². The minimum absolute atomic E-state index is 0.0856. The summed E-state index contributed by atoms with van der Waals surface area (Å²) >= 11 is 0. The maximum Gasteiger partial charge on any atom is 0.305 e. The Bertz CT molecular complexity index is 751. The highest BCUT2D eigenvalue weighted by Crippen LogP contribution is 2.17. The number of nitrogens with zero attached hydrogens (tertiary/aromatic N) is 1. The number of carbonyl (C=O) groups is 2. The quantitative estimate of drug-likeness (QED) is 0.714. The third kappa shape index (κ3) is 5.86. The lowest BCUT2D eigenvalue weighted by molar-refractivity contribution is -0.139. The molecule has 0 aliphatic rings. The van der Waals surface area contributed by atoms with E-state index in [1.54, 1.807) is 43.6 Å². The molecule has 2 aromatic rings. The van der Waals surface area contributed by atoms with Crippen LogP contribution in [-0.4, -0.2) is 41.2 Å². The van der Waals surface area contributed by atoms with Crippen LogP contribution in [0.1, 0.15) is 29.3 Å². The van der Waals surface area contributed by atoms with Gasteiger partial charge < -0.3 is 19.9 Å². The van der Waals surface area contributed by atoms with Crippen LogP contribution in [0.4, 0.5) is 0 Å². The molecule has 7 nitrogen and oxygen atoms in total. The standard InChI is InChI=1S/C19H22N2O5/c1-19(13-25-2,10-17(22)23)21-18(24)15-6-3-7-16(9-15)26-12-14-5-4-8-20-11-14/h3-9,11H,10,12-13H2,1-2H3,(H,21,24)(H,22,23). The predicted octanol–water partition coefficient (Wildman–Crippen LogP) is 2.27. The van der Waals surface area contributed by atoms with Gasteiger partial charge in [0.25, 0.3) is 5.91 Å². The number of nitrogens with one attached hydrogen (secondary N) is 1. The van der Waals surface area contributed by atoms with Gasteiger partial charge in [0.1, 0.15) is 12.4 Å². The smallest absolute Gasteiger partial charge is 0.305 e. The van der Waals surface area contributed by atoms with E-state index in [1.807, 2.05) is 12.1 Å². The van der Waals surface area contributed by atoms with E-state index >= 15 is 0 Å². The second kappa shape index (κ2) is 8.96. The Hall–Kier alpha value is -2.93. The lowest BCUT2D eigenvalue weighted by atomic mass is 9.98. The molecule has 1 aromatic heterocycles. The Kier molecular flexibility index (Phi) is 6.68. The Balaban J connectivity index is 2.05. The number of pyridine rings is 1. The molecule has 0 saturated carbocycles. The minimum Gasteiger partial charge on any atom is -0.489 e. The highest BCUT2D eigenvalue weighted by atomic mass is 16.5. The van der Waals surface area contributed by atoms with E-state index in [9.17, 15) is 9.59 Å². The number of carboxylic acid groups (broad SMARTS) is 1. The van der Waals surface area contributed by atoms with Gasteiger partial charge in [-0.05, 0) is 31.2 Å². The van der Waals surface area contributed by atoms with E-state index in [0.29, 0.717) is 17.9 Å². The summed E-state index contributed by atoms with van der Waals surface area (Å²) in [6.45, 7) is 2.05. The summed E-state index contributed by atoms with van der Waals surface area (Å²) in [5.74, 6) is -0.871. The first-order valence-electron chi connectivity index (χ1n) is 8.07. The first-order valence-corrected chi connectivity index (χ1v) is 8.07. The van der Waals surface area contributed by atoms with Gasteiger partial charge >= 0.3 is 5.97 Å². The molecule has 0 saturated heterocycles. The zero-order valence-electron chi connectivity index (χ0n) is 14.8. The minimum atomic E-state index is -1.02. The molecule has 2 rings (SSSR count). The van der Waals surface area contributed by atoms with Crippen LogP contribution in [0.5, 0.6) is 5.75 Å². The first-order chi connectivity index (χ1) is 12.4. The normalized spacial score (nSPS) is 12.8. The monoisotopic (exact) mass is 358 g/mol. The van der Waals surface area contributed by atoms with Gasteiger partial charge in [0, 0.05) is 30.6 Å². The molecular weight excluding hydrogens is 336 g/mol. The Morgan fingerprint density at radius 1 is 1.27 bits per heavy atom. The zero-order valence-corrected chi connectivity index (χ0v) is 14.8. The second-order valence-electron chi connectivity index (χ2n) is 6.20. The van der Waals surface area contributed by atoms with E-state index in [2.05, 4.69) is 10.3 Å². The highest BCUT2D eigenvalue weighted by molar-refractivity contribution is 5.95. The van der Waals surface area contributed by atoms with Gasteiger partial charge in [-0.3, -0.25) is 14.6 Å². The molecule has 138 valence electrons. The predicted molar refractivity (Wildman–Crippen MR) is 95.0 cm³/mol. The van der Waals surface area contributed by atoms with Gasteiger partial charge in [-0.15, -0.1) is 0 Å². The molecule has 0 radical (unpaired) electrons. The second-order valence-corrected chi connectivity index (χ2v) is 6.20. The van der Waals surface area contributed by atoms with Gasteiger partial charge in [-0.1, -0.05) is 12.1 Å². The van der Waals surface area contributed by atoms with Crippen LogP contribution in [0, 0.1) is 0 Å². The maximum absolute atomic E-state index is 12.5. The van der Waals surface area contributed by atoms with Crippen LogP contribution in [0.3, 0.4) is 0 Å². The summed E-state index contributed by atoms with van der Waals surface area (Å²) in [7, 11) is 1.46. The molecule has 2 N–H and O–H groups in total. The van der Waals surface area contributed by atoms with Crippen LogP contribution in [0.15, 0.2) is 48.8 Å². The number of aliphatic carboxylic acids is 1. The molecular formula is C19H22N2O5. The molecule has 0 aliphatic carbocycles. The van der Waals surface area contributed by atoms with Crippen LogP contribution in [0.2, 0.25) is 0 Å². The van der Waals surface area contributed by atoms with Crippen molar-refractivity contribution >= 4 is 11.9 Å². The maximum atomic E-state index is 12.5. The summed E-state index contributed by atoms with van der Waals surface area (Å²) in [4.78, 5) is 27.6. The third-order valence-corrected chi connectivity index (χ3v) is 3.64. The SMILES string of the molecule is COCC(C)(CC(=O)O)NC(=O)c1cccc(OCc2cccnc2)c1. The Morgan fingerprint density at radius 3 is 2.73 bits per heavy atom. The van der Waals surface area contributed by atoms with E-state index in [1.165, 1.54) is 7.11 Å². The van der Waals surface area contributed by atoms with Crippen molar-refractivity contribution < 1.29 is 24.2 Å². The van der Waals surface area contributed by atoms with Gasteiger partial charge in [-0.2, -0.15) is 0 Å². The summed E-state index contributed by atoms with van der Waals surface area (Å²) in [5.41, 5.74) is 0.280. The fourth-order valence-electron chi connectivity index (χ4n) is 2.51. The van der Waals surface area contributed by atoms with Crippen molar-refractivity contribution in [3.63, 3.8) is 0 Å². The molecule has 26 heavy (non-hydrogen) atoms.